The maximum atomic E-state index is 4.51. The quantitative estimate of drug-likeness (QED) is 0.676. The van der Waals surface area contributed by atoms with Crippen molar-refractivity contribution in [3.8, 4) is 0 Å². The normalized spacial score (nSPS) is 12.2. The summed E-state index contributed by atoms with van der Waals surface area (Å²) >= 11 is 1.73. The second-order valence-corrected chi connectivity index (χ2v) is 5.45. The van der Waals surface area contributed by atoms with Crippen molar-refractivity contribution in [1.82, 2.24) is 4.98 Å². The van der Waals surface area contributed by atoms with Crippen LogP contribution in [0.1, 0.15) is 22.1 Å². The van der Waals surface area contributed by atoms with Gasteiger partial charge in [0.15, 0.2) is 0 Å². The van der Waals surface area contributed by atoms with Crippen LogP contribution < -0.4 is 0 Å². The lowest BCUT2D eigenvalue weighted by molar-refractivity contribution is 0.796. The van der Waals surface area contributed by atoms with E-state index in [0.717, 1.165) is 6.42 Å². The summed E-state index contributed by atoms with van der Waals surface area (Å²) < 4.78 is 0. The van der Waals surface area contributed by atoms with E-state index >= 15 is 0 Å². The summed E-state index contributed by atoms with van der Waals surface area (Å²) in [7, 11) is 0. The molecule has 19 heavy (non-hydrogen) atoms. The van der Waals surface area contributed by atoms with Gasteiger partial charge in [-0.2, -0.15) is 0 Å². The van der Waals surface area contributed by atoms with E-state index in [4.69, 9.17) is 0 Å². The number of aromatic nitrogens is 1. The maximum absolute atomic E-state index is 4.51. The first-order chi connectivity index (χ1) is 9.43. The van der Waals surface area contributed by atoms with Crippen LogP contribution in [-0.4, -0.2) is 4.98 Å². The van der Waals surface area contributed by atoms with E-state index in [1.54, 1.807) is 11.3 Å². The van der Waals surface area contributed by atoms with Gasteiger partial charge in [0.05, 0.1) is 0 Å². The van der Waals surface area contributed by atoms with Gasteiger partial charge in [-0.1, -0.05) is 60.7 Å². The van der Waals surface area contributed by atoms with Crippen LogP contribution in [0.5, 0.6) is 0 Å². The Kier molecular flexibility index (Phi) is 3.70. The molecule has 0 fully saturated rings. The standard InChI is InChI=1S/C17H15NS/c1-3-7-14(8-4-1)13-16(17-18-11-12-19-17)15-9-5-2-6-10-15/h1-12,16H,13H2. The highest BCUT2D eigenvalue weighted by molar-refractivity contribution is 7.09. The third-order valence-corrected chi connectivity index (χ3v) is 4.12. The molecule has 3 aromatic rings. The first-order valence-corrected chi connectivity index (χ1v) is 7.30. The number of hydrogen-bond acceptors (Lipinski definition) is 2. The van der Waals surface area contributed by atoms with Gasteiger partial charge in [0.2, 0.25) is 0 Å². The van der Waals surface area contributed by atoms with Crippen molar-refractivity contribution in [2.24, 2.45) is 0 Å². The van der Waals surface area contributed by atoms with Crippen molar-refractivity contribution in [1.29, 1.82) is 0 Å². The molecule has 0 radical (unpaired) electrons. The predicted octanol–water partition coefficient (Wildman–Crippen LogP) is 4.52. The fourth-order valence-electron chi connectivity index (χ4n) is 2.29. The maximum Gasteiger partial charge on any atom is 0.100 e. The van der Waals surface area contributed by atoms with Crippen LogP contribution in [0.2, 0.25) is 0 Å². The fraction of sp³-hybridized carbons (Fsp3) is 0.118. The molecule has 0 bridgehead atoms. The Labute approximate surface area is 117 Å². The van der Waals surface area contributed by atoms with Crippen molar-refractivity contribution in [3.05, 3.63) is 88.4 Å². The fourth-order valence-corrected chi connectivity index (χ4v) is 3.06. The van der Waals surface area contributed by atoms with E-state index in [1.165, 1.54) is 16.1 Å². The van der Waals surface area contributed by atoms with Gasteiger partial charge in [-0.3, -0.25) is 0 Å². The Morgan fingerprint density at radius 3 is 2.21 bits per heavy atom. The zero-order valence-corrected chi connectivity index (χ0v) is 11.4. The topological polar surface area (TPSA) is 12.9 Å². The smallest absolute Gasteiger partial charge is 0.100 e. The minimum absolute atomic E-state index is 0.351. The molecule has 0 aliphatic heterocycles. The highest BCUT2D eigenvalue weighted by atomic mass is 32.1. The molecule has 0 aliphatic carbocycles. The van der Waals surface area contributed by atoms with E-state index in [0.29, 0.717) is 5.92 Å². The monoisotopic (exact) mass is 265 g/mol. The number of benzene rings is 2. The molecule has 2 aromatic carbocycles. The van der Waals surface area contributed by atoms with E-state index in [-0.39, 0.29) is 0 Å². The molecule has 1 atom stereocenters. The Morgan fingerprint density at radius 1 is 0.895 bits per heavy atom. The van der Waals surface area contributed by atoms with Gasteiger partial charge < -0.3 is 0 Å². The molecule has 0 N–H and O–H groups in total. The number of rotatable bonds is 4. The zero-order chi connectivity index (χ0) is 12.9. The second kappa shape index (κ2) is 5.81. The SMILES string of the molecule is c1ccc(CC(c2ccccc2)c2nccs2)cc1. The summed E-state index contributed by atoms with van der Waals surface area (Å²) in [5.41, 5.74) is 2.69. The van der Waals surface area contributed by atoms with Crippen molar-refractivity contribution >= 4 is 11.3 Å². The number of hydrogen-bond donors (Lipinski definition) is 0. The summed E-state index contributed by atoms with van der Waals surface area (Å²) in [5, 5.41) is 3.24. The molecular weight excluding hydrogens is 250 g/mol. The second-order valence-electron chi connectivity index (χ2n) is 4.52. The van der Waals surface area contributed by atoms with Crippen molar-refractivity contribution in [2.75, 3.05) is 0 Å². The van der Waals surface area contributed by atoms with Crippen LogP contribution in [0.25, 0.3) is 0 Å². The molecule has 1 heterocycles. The van der Waals surface area contributed by atoms with Gasteiger partial charge in [0.25, 0.3) is 0 Å². The Bertz CT molecular complexity index is 602. The van der Waals surface area contributed by atoms with E-state index in [1.807, 2.05) is 6.20 Å². The molecular formula is C17H15NS. The summed E-state index contributed by atoms with van der Waals surface area (Å²) in [6.45, 7) is 0. The molecule has 0 amide bonds. The number of thiazole rings is 1. The molecule has 1 unspecified atom stereocenters. The first kappa shape index (κ1) is 12.1. The van der Waals surface area contributed by atoms with Crippen molar-refractivity contribution in [2.45, 2.75) is 12.3 Å². The molecule has 2 heteroatoms. The van der Waals surface area contributed by atoms with E-state index in [9.17, 15) is 0 Å². The highest BCUT2D eigenvalue weighted by Gasteiger charge is 2.16. The predicted molar refractivity (Wildman–Crippen MR) is 80.5 cm³/mol. The molecule has 0 saturated heterocycles. The van der Waals surface area contributed by atoms with E-state index in [2.05, 4.69) is 71.0 Å². The Hall–Kier alpha value is -1.93. The first-order valence-electron chi connectivity index (χ1n) is 6.42. The minimum Gasteiger partial charge on any atom is -0.249 e. The Morgan fingerprint density at radius 2 is 1.58 bits per heavy atom. The average molecular weight is 265 g/mol. The largest absolute Gasteiger partial charge is 0.249 e. The molecule has 0 saturated carbocycles. The molecule has 1 nitrogen and oxygen atoms in total. The molecule has 0 aliphatic rings. The highest BCUT2D eigenvalue weighted by Crippen LogP contribution is 2.29. The van der Waals surface area contributed by atoms with Crippen molar-refractivity contribution < 1.29 is 0 Å². The van der Waals surface area contributed by atoms with E-state index < -0.39 is 0 Å². The van der Waals surface area contributed by atoms with Gasteiger partial charge in [-0.25, -0.2) is 4.98 Å². The van der Waals surface area contributed by atoms with Crippen LogP contribution in [0, 0.1) is 0 Å². The summed E-state index contributed by atoms with van der Waals surface area (Å²) in [6, 6.07) is 21.3. The van der Waals surface area contributed by atoms with Gasteiger partial charge in [0.1, 0.15) is 5.01 Å². The van der Waals surface area contributed by atoms with Gasteiger partial charge in [0, 0.05) is 17.5 Å². The summed E-state index contributed by atoms with van der Waals surface area (Å²) in [6.07, 6.45) is 2.89. The molecule has 0 spiro atoms. The number of nitrogens with zero attached hydrogens (tertiary/aromatic N) is 1. The van der Waals surface area contributed by atoms with Crippen LogP contribution in [0.15, 0.2) is 72.2 Å². The third-order valence-electron chi connectivity index (χ3n) is 3.23. The third kappa shape index (κ3) is 2.91. The lowest BCUT2D eigenvalue weighted by atomic mass is 9.92. The summed E-state index contributed by atoms with van der Waals surface area (Å²) in [5.74, 6) is 0.351. The lowest BCUT2D eigenvalue weighted by Crippen LogP contribution is -2.04. The van der Waals surface area contributed by atoms with Crippen molar-refractivity contribution in [3.63, 3.8) is 0 Å². The molecule has 94 valence electrons. The minimum atomic E-state index is 0.351. The van der Waals surface area contributed by atoms with Crippen LogP contribution in [-0.2, 0) is 6.42 Å². The zero-order valence-electron chi connectivity index (χ0n) is 10.6. The summed E-state index contributed by atoms with van der Waals surface area (Å²) in [4.78, 5) is 4.51. The van der Waals surface area contributed by atoms with Gasteiger partial charge in [-0.05, 0) is 17.5 Å². The van der Waals surface area contributed by atoms with Gasteiger partial charge >= 0.3 is 0 Å². The Balaban J connectivity index is 1.94. The van der Waals surface area contributed by atoms with Crippen LogP contribution in [0.3, 0.4) is 0 Å². The van der Waals surface area contributed by atoms with Crippen LogP contribution >= 0.6 is 11.3 Å². The van der Waals surface area contributed by atoms with Crippen LogP contribution in [0.4, 0.5) is 0 Å². The molecule has 1 aromatic heterocycles. The van der Waals surface area contributed by atoms with Gasteiger partial charge in [-0.15, -0.1) is 11.3 Å². The lowest BCUT2D eigenvalue weighted by Gasteiger charge is -2.15. The molecule has 3 rings (SSSR count). The average Bonchev–Trinajstić information content (AvgIpc) is 3.01.